The Morgan fingerprint density at radius 3 is 2.52 bits per heavy atom. The number of piperidine rings is 1. The number of hydrogen-bond acceptors (Lipinski definition) is 2. The Kier molecular flexibility index (Phi) is 5.56. The maximum Gasteiger partial charge on any atom is 0.322 e. The lowest BCUT2D eigenvalue weighted by Gasteiger charge is -2.32. The first-order valence-corrected chi connectivity index (χ1v) is 7.60. The molecule has 1 saturated heterocycles. The van der Waals surface area contributed by atoms with Gasteiger partial charge in [0.1, 0.15) is 5.82 Å². The van der Waals surface area contributed by atoms with Crippen molar-refractivity contribution in [1.29, 1.82) is 0 Å². The molecule has 0 aliphatic carbocycles. The van der Waals surface area contributed by atoms with Crippen molar-refractivity contribution in [2.75, 3.05) is 25.0 Å². The molecule has 2 N–H and O–H groups in total. The summed E-state index contributed by atoms with van der Waals surface area (Å²) < 4.78 is 12.9. The molecule has 116 valence electrons. The molecule has 0 saturated carbocycles. The molecule has 0 radical (unpaired) electrons. The Labute approximate surface area is 125 Å². The first kappa shape index (κ1) is 15.8. The fraction of sp³-hybridized carbons (Fsp3) is 0.562. The Morgan fingerprint density at radius 1 is 1.33 bits per heavy atom. The van der Waals surface area contributed by atoms with Crippen molar-refractivity contribution in [3.8, 4) is 0 Å². The highest BCUT2D eigenvalue weighted by atomic mass is 19.1. The Hall–Kier alpha value is -1.62. The average Bonchev–Trinajstić information content (AvgIpc) is 2.48. The van der Waals surface area contributed by atoms with Gasteiger partial charge in [0.05, 0.1) is 0 Å². The van der Waals surface area contributed by atoms with E-state index in [2.05, 4.69) is 10.6 Å². The van der Waals surface area contributed by atoms with E-state index in [-0.39, 0.29) is 17.9 Å². The van der Waals surface area contributed by atoms with Crippen molar-refractivity contribution in [2.45, 2.75) is 32.7 Å². The van der Waals surface area contributed by atoms with Gasteiger partial charge in [0.25, 0.3) is 0 Å². The zero-order valence-corrected chi connectivity index (χ0v) is 12.7. The summed E-state index contributed by atoms with van der Waals surface area (Å²) in [5, 5.41) is 6.18. The number of benzene rings is 1. The number of rotatable bonds is 4. The minimum absolute atomic E-state index is 0.116. The predicted molar refractivity (Wildman–Crippen MR) is 82.9 cm³/mol. The van der Waals surface area contributed by atoms with E-state index in [1.807, 2.05) is 18.7 Å². The van der Waals surface area contributed by atoms with Gasteiger partial charge in [-0.3, -0.25) is 0 Å². The molecule has 1 aromatic carbocycles. The van der Waals surface area contributed by atoms with Crippen molar-refractivity contribution in [2.24, 2.45) is 5.92 Å². The number of hydrogen-bond donors (Lipinski definition) is 2. The normalized spacial score (nSPS) is 16.0. The molecule has 1 fully saturated rings. The van der Waals surface area contributed by atoms with E-state index < -0.39 is 0 Å². The molecular weight excluding hydrogens is 269 g/mol. The fourth-order valence-corrected chi connectivity index (χ4v) is 2.60. The molecule has 1 aromatic rings. The number of amides is 2. The van der Waals surface area contributed by atoms with E-state index in [4.69, 9.17) is 0 Å². The van der Waals surface area contributed by atoms with Crippen LogP contribution in [0.4, 0.5) is 14.9 Å². The van der Waals surface area contributed by atoms with E-state index in [1.54, 1.807) is 12.1 Å². The van der Waals surface area contributed by atoms with Crippen LogP contribution in [0.15, 0.2) is 24.3 Å². The third-order valence-corrected chi connectivity index (χ3v) is 3.89. The minimum Gasteiger partial charge on any atom is -0.322 e. The van der Waals surface area contributed by atoms with Crippen LogP contribution in [0.1, 0.15) is 26.7 Å². The summed E-state index contributed by atoms with van der Waals surface area (Å²) in [6.45, 7) is 6.86. The van der Waals surface area contributed by atoms with Crippen LogP contribution in [0.2, 0.25) is 0 Å². The van der Waals surface area contributed by atoms with E-state index in [1.165, 1.54) is 12.1 Å². The average molecular weight is 293 g/mol. The molecule has 0 spiro atoms. The van der Waals surface area contributed by atoms with Gasteiger partial charge in [-0.15, -0.1) is 0 Å². The topological polar surface area (TPSA) is 44.4 Å². The minimum atomic E-state index is -0.302. The zero-order valence-electron chi connectivity index (χ0n) is 12.7. The molecule has 0 bridgehead atoms. The number of urea groups is 1. The SMILES string of the molecule is CC(C)N(CC1CCNCC1)C(=O)Nc1ccc(F)cc1. The van der Waals surface area contributed by atoms with Gasteiger partial charge in [-0.25, -0.2) is 9.18 Å². The molecule has 0 aromatic heterocycles. The van der Waals surface area contributed by atoms with Crippen LogP contribution >= 0.6 is 0 Å². The van der Waals surface area contributed by atoms with Crippen LogP contribution in [-0.4, -0.2) is 36.6 Å². The van der Waals surface area contributed by atoms with E-state index in [9.17, 15) is 9.18 Å². The van der Waals surface area contributed by atoms with Gasteiger partial charge in [0.2, 0.25) is 0 Å². The summed E-state index contributed by atoms with van der Waals surface area (Å²) in [6, 6.07) is 5.88. The van der Waals surface area contributed by atoms with Gasteiger partial charge in [0, 0.05) is 18.3 Å². The van der Waals surface area contributed by atoms with Crippen LogP contribution in [0.25, 0.3) is 0 Å². The van der Waals surface area contributed by atoms with Gasteiger partial charge in [-0.1, -0.05) is 0 Å². The lowest BCUT2D eigenvalue weighted by molar-refractivity contribution is 0.175. The third kappa shape index (κ3) is 4.70. The van der Waals surface area contributed by atoms with Crippen LogP contribution in [-0.2, 0) is 0 Å². The summed E-state index contributed by atoms with van der Waals surface area (Å²) in [6.07, 6.45) is 2.21. The van der Waals surface area contributed by atoms with Crippen molar-refractivity contribution in [3.05, 3.63) is 30.1 Å². The number of carbonyl (C=O) groups excluding carboxylic acids is 1. The van der Waals surface area contributed by atoms with Gasteiger partial charge in [0.15, 0.2) is 0 Å². The molecule has 0 atom stereocenters. The lowest BCUT2D eigenvalue weighted by atomic mass is 9.97. The molecule has 5 heteroatoms. The van der Waals surface area contributed by atoms with Gasteiger partial charge >= 0.3 is 6.03 Å². The highest BCUT2D eigenvalue weighted by Crippen LogP contribution is 2.17. The molecule has 1 heterocycles. The Balaban J connectivity index is 1.96. The van der Waals surface area contributed by atoms with E-state index in [0.717, 1.165) is 32.5 Å². The number of anilines is 1. The molecule has 4 nitrogen and oxygen atoms in total. The molecule has 1 aliphatic heterocycles. The van der Waals surface area contributed by atoms with Gasteiger partial charge in [-0.05, 0) is 70.0 Å². The summed E-state index contributed by atoms with van der Waals surface area (Å²) in [5.74, 6) is 0.246. The highest BCUT2D eigenvalue weighted by molar-refractivity contribution is 5.89. The lowest BCUT2D eigenvalue weighted by Crippen LogP contribution is -2.44. The van der Waals surface area contributed by atoms with E-state index >= 15 is 0 Å². The van der Waals surface area contributed by atoms with Crippen molar-refractivity contribution in [1.82, 2.24) is 10.2 Å². The summed E-state index contributed by atoms with van der Waals surface area (Å²) in [5.41, 5.74) is 0.623. The maximum atomic E-state index is 12.9. The quantitative estimate of drug-likeness (QED) is 0.896. The molecular formula is C16H24FN3O. The van der Waals surface area contributed by atoms with Crippen LogP contribution < -0.4 is 10.6 Å². The maximum absolute atomic E-state index is 12.9. The Bertz CT molecular complexity index is 455. The number of halogens is 1. The van der Waals surface area contributed by atoms with Gasteiger partial charge in [-0.2, -0.15) is 0 Å². The smallest absolute Gasteiger partial charge is 0.322 e. The molecule has 2 amide bonds. The summed E-state index contributed by atoms with van der Waals surface area (Å²) >= 11 is 0. The second-order valence-corrected chi connectivity index (χ2v) is 5.88. The first-order chi connectivity index (χ1) is 10.1. The van der Waals surface area contributed by atoms with Crippen molar-refractivity contribution < 1.29 is 9.18 Å². The standard InChI is InChI=1S/C16H24FN3O/c1-12(2)20(11-13-7-9-18-10-8-13)16(21)19-15-5-3-14(17)4-6-15/h3-6,12-13,18H,7-11H2,1-2H3,(H,19,21). The molecule has 2 rings (SSSR count). The largest absolute Gasteiger partial charge is 0.322 e. The Morgan fingerprint density at radius 2 is 1.95 bits per heavy atom. The number of carbonyl (C=O) groups is 1. The van der Waals surface area contributed by atoms with Crippen LogP contribution in [0.5, 0.6) is 0 Å². The predicted octanol–water partition coefficient (Wildman–Crippen LogP) is 3.07. The molecule has 1 aliphatic rings. The highest BCUT2D eigenvalue weighted by Gasteiger charge is 2.22. The van der Waals surface area contributed by atoms with Crippen LogP contribution in [0.3, 0.4) is 0 Å². The van der Waals surface area contributed by atoms with E-state index in [0.29, 0.717) is 11.6 Å². The molecule has 0 unspecified atom stereocenters. The summed E-state index contributed by atoms with van der Waals surface area (Å²) in [4.78, 5) is 14.3. The summed E-state index contributed by atoms with van der Waals surface area (Å²) in [7, 11) is 0. The monoisotopic (exact) mass is 293 g/mol. The second kappa shape index (κ2) is 7.41. The van der Waals surface area contributed by atoms with Gasteiger partial charge < -0.3 is 15.5 Å². The number of nitrogens with one attached hydrogen (secondary N) is 2. The van der Waals surface area contributed by atoms with Crippen molar-refractivity contribution in [3.63, 3.8) is 0 Å². The van der Waals surface area contributed by atoms with Crippen LogP contribution in [0, 0.1) is 11.7 Å². The zero-order chi connectivity index (χ0) is 15.2. The number of nitrogens with zero attached hydrogens (tertiary/aromatic N) is 1. The van der Waals surface area contributed by atoms with Crippen molar-refractivity contribution >= 4 is 11.7 Å². The second-order valence-electron chi connectivity index (χ2n) is 5.88. The third-order valence-electron chi connectivity index (χ3n) is 3.89. The fourth-order valence-electron chi connectivity index (χ4n) is 2.60. The molecule has 21 heavy (non-hydrogen) atoms. The first-order valence-electron chi connectivity index (χ1n) is 7.60.